The van der Waals surface area contributed by atoms with E-state index in [1.807, 2.05) is 74.5 Å². The molecule has 0 atom stereocenters. The van der Waals surface area contributed by atoms with Gasteiger partial charge in [-0.1, -0.05) is 36.4 Å². The zero-order valence-corrected chi connectivity index (χ0v) is 20.7. The van der Waals surface area contributed by atoms with Crippen LogP contribution in [-0.2, 0) is 11.2 Å². The minimum absolute atomic E-state index is 0.0797. The van der Waals surface area contributed by atoms with E-state index in [2.05, 4.69) is 6.07 Å². The molecule has 0 saturated heterocycles. The molecule has 0 aromatic heterocycles. The van der Waals surface area contributed by atoms with E-state index in [0.717, 1.165) is 29.0 Å². The summed E-state index contributed by atoms with van der Waals surface area (Å²) < 4.78 is 17.5. The normalized spacial score (nSPS) is 12.6. The fraction of sp³-hybridized carbons (Fsp3) is 0.267. The number of para-hydroxylation sites is 1. The maximum absolute atomic E-state index is 13.1. The Morgan fingerprint density at radius 1 is 1.00 bits per heavy atom. The first-order valence-electron chi connectivity index (χ1n) is 12.2. The lowest BCUT2D eigenvalue weighted by Crippen LogP contribution is -2.29. The van der Waals surface area contributed by atoms with Crippen LogP contribution in [0.1, 0.15) is 30.0 Å². The van der Waals surface area contributed by atoms with Gasteiger partial charge in [0.15, 0.2) is 11.5 Å². The van der Waals surface area contributed by atoms with Crippen LogP contribution in [0.3, 0.4) is 0 Å². The SMILES string of the molecule is CCOc1cc(C=C(C#N)C(=O)N2CCc3ccccc32)ccc1OCCCOc1cccc(C)c1. The van der Waals surface area contributed by atoms with E-state index >= 15 is 0 Å². The van der Waals surface area contributed by atoms with Gasteiger partial charge in [0, 0.05) is 18.7 Å². The van der Waals surface area contributed by atoms with Crippen LogP contribution in [0.5, 0.6) is 17.2 Å². The lowest BCUT2D eigenvalue weighted by atomic mass is 10.1. The Morgan fingerprint density at radius 2 is 1.83 bits per heavy atom. The number of nitriles is 1. The van der Waals surface area contributed by atoms with E-state index in [9.17, 15) is 10.1 Å². The van der Waals surface area contributed by atoms with Crippen LogP contribution < -0.4 is 19.1 Å². The molecule has 0 spiro atoms. The molecule has 3 aromatic rings. The number of carbonyl (C=O) groups excluding carboxylic acids is 1. The summed E-state index contributed by atoms with van der Waals surface area (Å²) in [6.07, 6.45) is 3.11. The van der Waals surface area contributed by atoms with Crippen molar-refractivity contribution in [3.8, 4) is 23.3 Å². The standard InChI is InChI=1S/C30H30N2O4/c1-3-34-29-20-23(12-13-28(29)36-17-7-16-35-26-10-6-8-22(2)18-26)19-25(21-31)30(33)32-15-14-24-9-4-5-11-27(24)32/h4-6,8-13,18-20H,3,7,14-17H2,1-2H3. The lowest BCUT2D eigenvalue weighted by molar-refractivity contribution is -0.114. The van der Waals surface area contributed by atoms with Crippen LogP contribution in [-0.4, -0.2) is 32.3 Å². The summed E-state index contributed by atoms with van der Waals surface area (Å²) in [6, 6.07) is 23.2. The van der Waals surface area contributed by atoms with Gasteiger partial charge in [-0.05, 0) is 73.4 Å². The van der Waals surface area contributed by atoms with Crippen molar-refractivity contribution in [2.24, 2.45) is 0 Å². The van der Waals surface area contributed by atoms with Crippen molar-refractivity contribution < 1.29 is 19.0 Å². The summed E-state index contributed by atoms with van der Waals surface area (Å²) in [4.78, 5) is 14.8. The Kier molecular flexibility index (Phi) is 8.25. The average Bonchev–Trinajstić information content (AvgIpc) is 3.32. The second-order valence-electron chi connectivity index (χ2n) is 8.51. The molecule has 0 radical (unpaired) electrons. The van der Waals surface area contributed by atoms with Crippen molar-refractivity contribution in [2.75, 3.05) is 31.3 Å². The first kappa shape index (κ1) is 24.9. The highest BCUT2D eigenvalue weighted by Crippen LogP contribution is 2.31. The van der Waals surface area contributed by atoms with Crippen LogP contribution in [0, 0.1) is 18.3 Å². The molecule has 3 aromatic carbocycles. The Morgan fingerprint density at radius 3 is 2.64 bits per heavy atom. The Bertz CT molecular complexity index is 1290. The van der Waals surface area contributed by atoms with E-state index in [4.69, 9.17) is 14.2 Å². The molecule has 1 heterocycles. The molecule has 4 rings (SSSR count). The third-order valence-corrected chi connectivity index (χ3v) is 5.87. The molecule has 1 aliphatic heterocycles. The van der Waals surface area contributed by atoms with Crippen molar-refractivity contribution in [3.63, 3.8) is 0 Å². The number of hydrogen-bond donors (Lipinski definition) is 0. The lowest BCUT2D eigenvalue weighted by Gasteiger charge is -2.17. The van der Waals surface area contributed by atoms with Crippen molar-refractivity contribution in [1.82, 2.24) is 0 Å². The fourth-order valence-electron chi connectivity index (χ4n) is 4.14. The predicted molar refractivity (Wildman–Crippen MR) is 140 cm³/mol. The van der Waals surface area contributed by atoms with E-state index in [-0.39, 0.29) is 11.5 Å². The number of fused-ring (bicyclic) bond motifs is 1. The summed E-state index contributed by atoms with van der Waals surface area (Å²) in [7, 11) is 0. The number of amides is 1. The fourth-order valence-corrected chi connectivity index (χ4v) is 4.14. The van der Waals surface area contributed by atoms with Gasteiger partial charge >= 0.3 is 0 Å². The number of aryl methyl sites for hydroxylation is 1. The van der Waals surface area contributed by atoms with Gasteiger partial charge < -0.3 is 19.1 Å². The van der Waals surface area contributed by atoms with Crippen LogP contribution >= 0.6 is 0 Å². The Hall–Kier alpha value is -4.24. The van der Waals surface area contributed by atoms with Crippen LogP contribution in [0.25, 0.3) is 6.08 Å². The minimum Gasteiger partial charge on any atom is -0.493 e. The van der Waals surface area contributed by atoms with E-state index in [0.29, 0.717) is 49.8 Å². The quantitative estimate of drug-likeness (QED) is 0.209. The van der Waals surface area contributed by atoms with Gasteiger partial charge in [0.05, 0.1) is 19.8 Å². The van der Waals surface area contributed by atoms with Crippen molar-refractivity contribution in [2.45, 2.75) is 26.7 Å². The predicted octanol–water partition coefficient (Wildman–Crippen LogP) is 5.74. The van der Waals surface area contributed by atoms with Crippen LogP contribution in [0.15, 0.2) is 72.3 Å². The number of nitrogens with zero attached hydrogens (tertiary/aromatic N) is 2. The van der Waals surface area contributed by atoms with Gasteiger partial charge in [0.25, 0.3) is 5.91 Å². The summed E-state index contributed by atoms with van der Waals surface area (Å²) in [5, 5.41) is 9.72. The minimum atomic E-state index is -0.297. The van der Waals surface area contributed by atoms with Gasteiger partial charge in [-0.25, -0.2) is 0 Å². The monoisotopic (exact) mass is 482 g/mol. The van der Waals surface area contributed by atoms with Crippen molar-refractivity contribution >= 4 is 17.7 Å². The molecule has 6 nitrogen and oxygen atoms in total. The number of anilines is 1. The maximum atomic E-state index is 13.1. The second-order valence-corrected chi connectivity index (χ2v) is 8.51. The highest BCUT2D eigenvalue weighted by atomic mass is 16.5. The highest BCUT2D eigenvalue weighted by Gasteiger charge is 2.26. The number of rotatable bonds is 10. The summed E-state index contributed by atoms with van der Waals surface area (Å²) in [6.45, 7) is 5.98. The molecule has 1 aliphatic rings. The van der Waals surface area contributed by atoms with Gasteiger partial charge in [-0.3, -0.25) is 4.79 Å². The molecule has 0 saturated carbocycles. The second kappa shape index (κ2) is 11.9. The van der Waals surface area contributed by atoms with Gasteiger partial charge in [0.1, 0.15) is 17.4 Å². The molecule has 0 fully saturated rings. The summed E-state index contributed by atoms with van der Waals surface area (Å²) >= 11 is 0. The third kappa shape index (κ3) is 6.05. The van der Waals surface area contributed by atoms with Gasteiger partial charge in [-0.15, -0.1) is 0 Å². The number of carbonyl (C=O) groups is 1. The van der Waals surface area contributed by atoms with Crippen molar-refractivity contribution in [3.05, 3.63) is 89.0 Å². The molecule has 36 heavy (non-hydrogen) atoms. The smallest absolute Gasteiger partial charge is 0.268 e. The van der Waals surface area contributed by atoms with Gasteiger partial charge in [0.2, 0.25) is 0 Å². The zero-order chi connectivity index (χ0) is 25.3. The molecule has 0 N–H and O–H groups in total. The first-order valence-corrected chi connectivity index (χ1v) is 12.2. The zero-order valence-electron chi connectivity index (χ0n) is 20.7. The number of benzene rings is 3. The molecular formula is C30H30N2O4. The van der Waals surface area contributed by atoms with Gasteiger partial charge in [-0.2, -0.15) is 5.26 Å². The first-order chi connectivity index (χ1) is 17.6. The molecule has 0 aliphatic carbocycles. The van der Waals surface area contributed by atoms with Crippen LogP contribution in [0.4, 0.5) is 5.69 Å². The van der Waals surface area contributed by atoms with Crippen molar-refractivity contribution in [1.29, 1.82) is 5.26 Å². The summed E-state index contributed by atoms with van der Waals surface area (Å²) in [5.74, 6) is 1.74. The maximum Gasteiger partial charge on any atom is 0.268 e. The average molecular weight is 483 g/mol. The molecular weight excluding hydrogens is 452 g/mol. The molecule has 184 valence electrons. The van der Waals surface area contributed by atoms with Crippen LogP contribution in [0.2, 0.25) is 0 Å². The topological polar surface area (TPSA) is 71.8 Å². The molecule has 6 heteroatoms. The molecule has 0 bridgehead atoms. The Balaban J connectivity index is 1.40. The number of ether oxygens (including phenoxy) is 3. The summed E-state index contributed by atoms with van der Waals surface area (Å²) in [5.41, 5.74) is 3.93. The van der Waals surface area contributed by atoms with E-state index in [1.165, 1.54) is 0 Å². The van der Waals surface area contributed by atoms with E-state index < -0.39 is 0 Å². The number of hydrogen-bond acceptors (Lipinski definition) is 5. The van der Waals surface area contributed by atoms with E-state index in [1.54, 1.807) is 17.0 Å². The molecule has 1 amide bonds. The molecule has 0 unspecified atom stereocenters. The largest absolute Gasteiger partial charge is 0.493 e. The highest BCUT2D eigenvalue weighted by molar-refractivity contribution is 6.12. The Labute approximate surface area is 212 Å². The third-order valence-electron chi connectivity index (χ3n) is 5.87.